The van der Waals surface area contributed by atoms with E-state index in [2.05, 4.69) is 51.6 Å². The molecule has 1 aromatic carbocycles. The SMILES string of the molecule is Cc1ccccc1CNc1nn2c(-c3ccncc3)cnc2s1. The Labute approximate surface area is 137 Å². The first-order chi connectivity index (χ1) is 11.3. The van der Waals surface area contributed by atoms with Crippen molar-refractivity contribution in [1.29, 1.82) is 0 Å². The quantitative estimate of drug-likeness (QED) is 0.621. The molecule has 0 atom stereocenters. The van der Waals surface area contributed by atoms with Gasteiger partial charge >= 0.3 is 0 Å². The molecular formula is C17H15N5S. The number of fused-ring (bicyclic) bond motifs is 1. The predicted molar refractivity (Wildman–Crippen MR) is 92.6 cm³/mol. The fourth-order valence-electron chi connectivity index (χ4n) is 2.46. The van der Waals surface area contributed by atoms with E-state index in [1.54, 1.807) is 23.7 Å². The average molecular weight is 321 g/mol. The lowest BCUT2D eigenvalue weighted by Crippen LogP contribution is -2.01. The van der Waals surface area contributed by atoms with E-state index in [9.17, 15) is 0 Å². The molecule has 0 amide bonds. The van der Waals surface area contributed by atoms with Gasteiger partial charge in [-0.25, -0.2) is 9.50 Å². The Kier molecular flexibility index (Phi) is 3.51. The molecule has 0 saturated carbocycles. The predicted octanol–water partition coefficient (Wildman–Crippen LogP) is 3.77. The van der Waals surface area contributed by atoms with Crippen molar-refractivity contribution in [3.05, 3.63) is 66.1 Å². The van der Waals surface area contributed by atoms with Crippen LogP contribution in [0.5, 0.6) is 0 Å². The van der Waals surface area contributed by atoms with Crippen LogP contribution in [0, 0.1) is 6.92 Å². The van der Waals surface area contributed by atoms with Crippen LogP contribution in [-0.2, 0) is 6.54 Å². The molecule has 3 heterocycles. The molecule has 0 aliphatic rings. The second kappa shape index (κ2) is 5.81. The van der Waals surface area contributed by atoms with Crippen molar-refractivity contribution in [2.45, 2.75) is 13.5 Å². The summed E-state index contributed by atoms with van der Waals surface area (Å²) >= 11 is 1.55. The minimum Gasteiger partial charge on any atom is -0.356 e. The van der Waals surface area contributed by atoms with E-state index in [0.29, 0.717) is 0 Å². The minimum absolute atomic E-state index is 0.758. The molecule has 6 heteroatoms. The van der Waals surface area contributed by atoms with Crippen molar-refractivity contribution in [1.82, 2.24) is 19.6 Å². The third-order valence-electron chi connectivity index (χ3n) is 3.75. The van der Waals surface area contributed by atoms with E-state index in [-0.39, 0.29) is 0 Å². The highest BCUT2D eigenvalue weighted by atomic mass is 32.1. The van der Waals surface area contributed by atoms with Gasteiger partial charge in [-0.05, 0) is 30.2 Å². The summed E-state index contributed by atoms with van der Waals surface area (Å²) in [6.45, 7) is 2.88. The molecule has 114 valence electrons. The Balaban J connectivity index is 1.60. The monoisotopic (exact) mass is 321 g/mol. The van der Waals surface area contributed by atoms with E-state index < -0.39 is 0 Å². The summed E-state index contributed by atoms with van der Waals surface area (Å²) in [5, 5.41) is 8.89. The van der Waals surface area contributed by atoms with Gasteiger partial charge in [0.1, 0.15) is 0 Å². The molecule has 0 bridgehead atoms. The Hall–Kier alpha value is -2.73. The molecule has 0 unspecified atom stereocenters. The van der Waals surface area contributed by atoms with Crippen molar-refractivity contribution in [3.63, 3.8) is 0 Å². The van der Waals surface area contributed by atoms with E-state index in [1.165, 1.54) is 11.1 Å². The van der Waals surface area contributed by atoms with Crippen molar-refractivity contribution in [3.8, 4) is 11.3 Å². The smallest absolute Gasteiger partial charge is 0.214 e. The van der Waals surface area contributed by atoms with Crippen molar-refractivity contribution < 1.29 is 0 Å². The average Bonchev–Trinajstić information content (AvgIpc) is 3.15. The van der Waals surface area contributed by atoms with E-state index in [1.807, 2.05) is 22.8 Å². The molecule has 0 spiro atoms. The molecular weight excluding hydrogens is 306 g/mol. The van der Waals surface area contributed by atoms with Crippen LogP contribution < -0.4 is 5.32 Å². The van der Waals surface area contributed by atoms with Crippen LogP contribution in [0.3, 0.4) is 0 Å². The van der Waals surface area contributed by atoms with Crippen LogP contribution in [0.15, 0.2) is 55.0 Å². The number of anilines is 1. The van der Waals surface area contributed by atoms with Crippen LogP contribution in [0.25, 0.3) is 16.2 Å². The topological polar surface area (TPSA) is 55.1 Å². The number of hydrogen-bond donors (Lipinski definition) is 1. The van der Waals surface area contributed by atoms with E-state index in [0.717, 1.165) is 27.9 Å². The van der Waals surface area contributed by atoms with Crippen LogP contribution in [0.2, 0.25) is 0 Å². The summed E-state index contributed by atoms with van der Waals surface area (Å²) in [5.41, 5.74) is 4.58. The van der Waals surface area contributed by atoms with E-state index in [4.69, 9.17) is 0 Å². The normalized spacial score (nSPS) is 11.0. The van der Waals surface area contributed by atoms with Gasteiger partial charge < -0.3 is 5.32 Å². The third kappa shape index (κ3) is 2.68. The number of aromatic nitrogens is 4. The summed E-state index contributed by atoms with van der Waals surface area (Å²) in [6, 6.07) is 12.3. The first kappa shape index (κ1) is 13.9. The van der Waals surface area contributed by atoms with Crippen LogP contribution in [0.1, 0.15) is 11.1 Å². The molecule has 1 N–H and O–H groups in total. The fraction of sp³-hybridized carbons (Fsp3) is 0.118. The van der Waals surface area contributed by atoms with Gasteiger partial charge in [0.2, 0.25) is 10.1 Å². The number of imidazole rings is 1. The molecule has 0 fully saturated rings. The Morgan fingerprint density at radius 2 is 1.96 bits per heavy atom. The van der Waals surface area contributed by atoms with Crippen molar-refractivity contribution in [2.24, 2.45) is 0 Å². The van der Waals surface area contributed by atoms with E-state index >= 15 is 0 Å². The second-order valence-corrected chi connectivity index (χ2v) is 6.22. The maximum atomic E-state index is 4.63. The molecule has 0 aliphatic heterocycles. The summed E-state index contributed by atoms with van der Waals surface area (Å²) in [5.74, 6) is 0. The first-order valence-electron chi connectivity index (χ1n) is 7.34. The lowest BCUT2D eigenvalue weighted by Gasteiger charge is -2.05. The number of benzene rings is 1. The third-order valence-corrected chi connectivity index (χ3v) is 4.63. The van der Waals surface area contributed by atoms with Gasteiger partial charge in [-0.2, -0.15) is 0 Å². The highest BCUT2D eigenvalue weighted by Gasteiger charge is 2.11. The van der Waals surface area contributed by atoms with Crippen LogP contribution >= 0.6 is 11.3 Å². The molecule has 23 heavy (non-hydrogen) atoms. The Morgan fingerprint density at radius 3 is 2.78 bits per heavy atom. The zero-order valence-electron chi connectivity index (χ0n) is 12.6. The second-order valence-electron chi connectivity index (χ2n) is 5.26. The Morgan fingerprint density at radius 1 is 1.13 bits per heavy atom. The highest BCUT2D eigenvalue weighted by molar-refractivity contribution is 7.20. The van der Waals surface area contributed by atoms with Crippen LogP contribution in [-0.4, -0.2) is 19.6 Å². The fourth-order valence-corrected chi connectivity index (χ4v) is 3.23. The summed E-state index contributed by atoms with van der Waals surface area (Å²) < 4.78 is 1.88. The van der Waals surface area contributed by atoms with Gasteiger partial charge in [-0.3, -0.25) is 4.98 Å². The number of rotatable bonds is 4. The molecule has 4 aromatic rings. The molecule has 4 rings (SSSR count). The first-order valence-corrected chi connectivity index (χ1v) is 8.16. The zero-order valence-corrected chi connectivity index (χ0v) is 13.4. The molecule has 5 nitrogen and oxygen atoms in total. The maximum Gasteiger partial charge on any atom is 0.214 e. The maximum absolute atomic E-state index is 4.63. The van der Waals surface area contributed by atoms with Gasteiger partial charge in [0, 0.05) is 24.5 Å². The number of pyridine rings is 1. The lowest BCUT2D eigenvalue weighted by atomic mass is 10.1. The minimum atomic E-state index is 0.758. The number of hydrogen-bond acceptors (Lipinski definition) is 5. The van der Waals surface area contributed by atoms with Crippen molar-refractivity contribution >= 4 is 21.4 Å². The standard InChI is InChI=1S/C17H15N5S/c1-12-4-2-3-5-14(12)10-19-16-21-22-15(11-20-17(22)23-16)13-6-8-18-9-7-13/h2-9,11H,10H2,1H3,(H,19,21). The molecule has 0 saturated heterocycles. The van der Waals surface area contributed by atoms with Gasteiger partial charge in [-0.1, -0.05) is 35.6 Å². The van der Waals surface area contributed by atoms with Crippen LogP contribution in [0.4, 0.5) is 5.13 Å². The largest absolute Gasteiger partial charge is 0.356 e. The Bertz CT molecular complexity index is 942. The van der Waals surface area contributed by atoms with Gasteiger partial charge in [0.25, 0.3) is 0 Å². The van der Waals surface area contributed by atoms with Gasteiger partial charge in [0.05, 0.1) is 11.9 Å². The highest BCUT2D eigenvalue weighted by Crippen LogP contribution is 2.26. The van der Waals surface area contributed by atoms with Gasteiger partial charge in [0.15, 0.2) is 0 Å². The molecule has 0 aliphatic carbocycles. The molecule has 0 radical (unpaired) electrons. The lowest BCUT2D eigenvalue weighted by molar-refractivity contribution is 0.966. The molecule has 3 aromatic heterocycles. The van der Waals surface area contributed by atoms with Crippen molar-refractivity contribution in [2.75, 3.05) is 5.32 Å². The number of nitrogens with zero attached hydrogens (tertiary/aromatic N) is 4. The zero-order chi connectivity index (χ0) is 15.6. The van der Waals surface area contributed by atoms with Gasteiger partial charge in [-0.15, -0.1) is 5.10 Å². The summed E-state index contributed by atoms with van der Waals surface area (Å²) in [4.78, 5) is 9.38. The number of nitrogens with one attached hydrogen (secondary N) is 1. The summed E-state index contributed by atoms with van der Waals surface area (Å²) in [7, 11) is 0. The summed E-state index contributed by atoms with van der Waals surface area (Å²) in [6.07, 6.45) is 5.40. The number of aryl methyl sites for hydroxylation is 1.